The zero-order valence-electron chi connectivity index (χ0n) is 13.5. The van der Waals surface area contributed by atoms with Crippen molar-refractivity contribution in [3.8, 4) is 11.8 Å². The van der Waals surface area contributed by atoms with E-state index in [1.165, 1.54) is 11.6 Å². The molecule has 0 spiro atoms. The second kappa shape index (κ2) is 6.02. The topological polar surface area (TPSA) is 74.3 Å². The van der Waals surface area contributed by atoms with Crippen LogP contribution in [0.3, 0.4) is 0 Å². The molecule has 0 unspecified atom stereocenters. The highest BCUT2D eigenvalue weighted by Crippen LogP contribution is 2.07. The Morgan fingerprint density at radius 2 is 1.78 bits per heavy atom. The highest BCUT2D eigenvalue weighted by atomic mass is 16.5. The first kappa shape index (κ1) is 15.5. The molecule has 8 heteroatoms. The van der Waals surface area contributed by atoms with E-state index in [4.69, 9.17) is 4.74 Å². The van der Waals surface area contributed by atoms with E-state index in [1.54, 1.807) is 18.7 Å². The first-order valence-electron chi connectivity index (χ1n) is 7.42. The Labute approximate surface area is 132 Å². The van der Waals surface area contributed by atoms with Crippen molar-refractivity contribution in [3.63, 3.8) is 0 Å². The molecule has 1 aliphatic heterocycles. The Morgan fingerprint density at radius 3 is 2.48 bits per heavy atom. The average molecular weight is 317 g/mol. The number of nitrogens with zero attached hydrogens (tertiary/aromatic N) is 5. The average Bonchev–Trinajstić information content (AvgIpc) is 2.89. The molecule has 3 rings (SSSR count). The predicted molar refractivity (Wildman–Crippen MR) is 85.3 cm³/mol. The van der Waals surface area contributed by atoms with Crippen molar-refractivity contribution in [2.75, 3.05) is 32.8 Å². The van der Waals surface area contributed by atoms with Crippen LogP contribution in [-0.2, 0) is 25.9 Å². The third-order valence-electron chi connectivity index (χ3n) is 4.08. The van der Waals surface area contributed by atoms with Crippen LogP contribution in [0.25, 0.3) is 11.2 Å². The Hall–Kier alpha value is -2.37. The lowest BCUT2D eigenvalue weighted by Crippen LogP contribution is -2.37. The molecule has 0 aliphatic carbocycles. The number of imidazole rings is 1. The van der Waals surface area contributed by atoms with Gasteiger partial charge in [-0.1, -0.05) is 5.92 Å². The molecule has 2 aromatic heterocycles. The Balaban J connectivity index is 1.98. The lowest BCUT2D eigenvalue weighted by molar-refractivity contribution is 0.0443. The van der Waals surface area contributed by atoms with Crippen molar-refractivity contribution >= 4 is 11.2 Å². The number of hydrogen-bond donors (Lipinski definition) is 0. The molecule has 0 N–H and O–H groups in total. The monoisotopic (exact) mass is 317 g/mol. The van der Waals surface area contributed by atoms with Gasteiger partial charge in [0.25, 0.3) is 5.56 Å². The fourth-order valence-electron chi connectivity index (χ4n) is 2.62. The van der Waals surface area contributed by atoms with Crippen molar-refractivity contribution < 1.29 is 4.74 Å². The number of ether oxygens (including phenoxy) is 1. The maximum atomic E-state index is 12.3. The Kier molecular flexibility index (Phi) is 4.07. The number of aryl methyl sites for hydroxylation is 2. The molecule has 0 aromatic carbocycles. The van der Waals surface area contributed by atoms with E-state index in [0.717, 1.165) is 30.9 Å². The van der Waals surface area contributed by atoms with Crippen LogP contribution in [0.5, 0.6) is 0 Å². The minimum atomic E-state index is -0.395. The van der Waals surface area contributed by atoms with E-state index in [-0.39, 0.29) is 5.56 Å². The van der Waals surface area contributed by atoms with Gasteiger partial charge in [0.1, 0.15) is 0 Å². The molecular formula is C15H19N5O3. The van der Waals surface area contributed by atoms with Crippen molar-refractivity contribution in [2.24, 2.45) is 21.1 Å². The SMILES string of the molecule is Cn1c(=O)c2c(nc(C#CCN3CCOCC3)n2C)n(C)c1=O. The van der Waals surface area contributed by atoms with Crippen LogP contribution in [0.2, 0.25) is 0 Å². The maximum absolute atomic E-state index is 12.3. The third kappa shape index (κ3) is 2.69. The van der Waals surface area contributed by atoms with Crippen LogP contribution < -0.4 is 11.2 Å². The number of morpholine rings is 1. The standard InChI is InChI=1S/C15H19N5O3/c1-17-11(5-4-6-20-7-9-23-10-8-20)16-13-12(17)14(21)19(3)15(22)18(13)2/h6-10H2,1-3H3. The molecule has 0 amide bonds. The molecule has 0 saturated carbocycles. The summed E-state index contributed by atoms with van der Waals surface area (Å²) in [6.07, 6.45) is 0. The third-order valence-corrected chi connectivity index (χ3v) is 4.08. The molecule has 0 atom stereocenters. The van der Waals surface area contributed by atoms with E-state index >= 15 is 0 Å². The zero-order valence-corrected chi connectivity index (χ0v) is 13.5. The number of fused-ring (bicyclic) bond motifs is 1. The van der Waals surface area contributed by atoms with Gasteiger partial charge >= 0.3 is 5.69 Å². The van der Waals surface area contributed by atoms with Gasteiger partial charge < -0.3 is 9.30 Å². The largest absolute Gasteiger partial charge is 0.379 e. The molecule has 23 heavy (non-hydrogen) atoms. The lowest BCUT2D eigenvalue weighted by atomic mass is 10.4. The summed E-state index contributed by atoms with van der Waals surface area (Å²) in [5.41, 5.74) is -0.0192. The van der Waals surface area contributed by atoms with E-state index in [0.29, 0.717) is 23.5 Å². The summed E-state index contributed by atoms with van der Waals surface area (Å²) in [5, 5.41) is 0. The summed E-state index contributed by atoms with van der Waals surface area (Å²) in [6, 6.07) is 0. The molecule has 1 aliphatic rings. The minimum absolute atomic E-state index is 0.358. The molecule has 1 fully saturated rings. The Bertz CT molecular complexity index is 919. The van der Waals surface area contributed by atoms with Gasteiger partial charge in [-0.25, -0.2) is 9.78 Å². The first-order valence-corrected chi connectivity index (χ1v) is 7.42. The van der Waals surface area contributed by atoms with Gasteiger partial charge in [-0.05, 0) is 5.92 Å². The highest BCUT2D eigenvalue weighted by molar-refractivity contribution is 5.71. The molecule has 0 bridgehead atoms. The van der Waals surface area contributed by atoms with Crippen LogP contribution >= 0.6 is 0 Å². The molecule has 8 nitrogen and oxygen atoms in total. The lowest BCUT2D eigenvalue weighted by Gasteiger charge is -2.24. The molecule has 122 valence electrons. The van der Waals surface area contributed by atoms with E-state index in [2.05, 4.69) is 21.7 Å². The van der Waals surface area contributed by atoms with Gasteiger partial charge in [-0.15, -0.1) is 0 Å². The van der Waals surface area contributed by atoms with Gasteiger partial charge in [0.15, 0.2) is 17.0 Å². The smallest absolute Gasteiger partial charge is 0.332 e. The molecule has 0 radical (unpaired) electrons. The molecule has 1 saturated heterocycles. The summed E-state index contributed by atoms with van der Waals surface area (Å²) in [6.45, 7) is 3.82. The van der Waals surface area contributed by atoms with Crippen LogP contribution in [0, 0.1) is 11.8 Å². The number of hydrogen-bond acceptors (Lipinski definition) is 5. The summed E-state index contributed by atoms with van der Waals surface area (Å²) < 4.78 is 9.38. The maximum Gasteiger partial charge on any atom is 0.332 e. The summed E-state index contributed by atoms with van der Waals surface area (Å²) in [5.74, 6) is 6.56. The highest BCUT2D eigenvalue weighted by Gasteiger charge is 2.16. The van der Waals surface area contributed by atoms with E-state index in [9.17, 15) is 9.59 Å². The fourth-order valence-corrected chi connectivity index (χ4v) is 2.62. The quantitative estimate of drug-likeness (QED) is 0.608. The van der Waals surface area contributed by atoms with E-state index < -0.39 is 5.69 Å². The van der Waals surface area contributed by atoms with Gasteiger partial charge in [0, 0.05) is 34.2 Å². The molecular weight excluding hydrogens is 298 g/mol. The van der Waals surface area contributed by atoms with Crippen LogP contribution in [0.15, 0.2) is 9.59 Å². The van der Waals surface area contributed by atoms with Crippen LogP contribution in [0.4, 0.5) is 0 Å². The van der Waals surface area contributed by atoms with Gasteiger partial charge in [0.05, 0.1) is 19.8 Å². The second-order valence-corrected chi connectivity index (χ2v) is 5.56. The van der Waals surface area contributed by atoms with Crippen molar-refractivity contribution in [1.29, 1.82) is 0 Å². The summed E-state index contributed by atoms with van der Waals surface area (Å²) in [7, 11) is 4.79. The number of aromatic nitrogens is 4. The fraction of sp³-hybridized carbons (Fsp3) is 0.533. The van der Waals surface area contributed by atoms with Crippen molar-refractivity contribution in [3.05, 3.63) is 26.7 Å². The van der Waals surface area contributed by atoms with E-state index in [1.807, 2.05) is 0 Å². The van der Waals surface area contributed by atoms with Crippen molar-refractivity contribution in [2.45, 2.75) is 0 Å². The summed E-state index contributed by atoms with van der Waals surface area (Å²) in [4.78, 5) is 30.8. The van der Waals surface area contributed by atoms with Gasteiger partial charge in [-0.2, -0.15) is 0 Å². The normalized spacial score (nSPS) is 15.6. The van der Waals surface area contributed by atoms with Gasteiger partial charge in [-0.3, -0.25) is 18.8 Å². The van der Waals surface area contributed by atoms with Crippen molar-refractivity contribution in [1.82, 2.24) is 23.6 Å². The first-order chi connectivity index (χ1) is 11.0. The summed E-state index contributed by atoms with van der Waals surface area (Å²) >= 11 is 0. The Morgan fingerprint density at radius 1 is 1.09 bits per heavy atom. The second-order valence-electron chi connectivity index (χ2n) is 5.56. The van der Waals surface area contributed by atoms with Crippen LogP contribution in [0.1, 0.15) is 5.82 Å². The van der Waals surface area contributed by atoms with Crippen LogP contribution in [-0.4, -0.2) is 56.4 Å². The van der Waals surface area contributed by atoms with Gasteiger partial charge in [0.2, 0.25) is 0 Å². The molecule has 3 heterocycles. The zero-order chi connectivity index (χ0) is 16.6. The predicted octanol–water partition coefficient (Wildman–Crippen LogP) is -1.35. The minimum Gasteiger partial charge on any atom is -0.379 e. The number of rotatable bonds is 1. The molecule has 2 aromatic rings.